The van der Waals surface area contributed by atoms with Gasteiger partial charge < -0.3 is 0 Å². The fourth-order valence-corrected chi connectivity index (χ4v) is 0.828. The second-order valence-corrected chi connectivity index (χ2v) is 2.18. The Hall–Kier alpha value is -1.36. The SMILES string of the molecule is N#CCCc1c[c]ccc1F. The van der Waals surface area contributed by atoms with Gasteiger partial charge in [0, 0.05) is 6.42 Å². The lowest BCUT2D eigenvalue weighted by Crippen LogP contribution is -1.88. The fourth-order valence-electron chi connectivity index (χ4n) is 0.828. The van der Waals surface area contributed by atoms with Gasteiger partial charge in [0.15, 0.2) is 0 Å². The predicted octanol–water partition coefficient (Wildman–Crippen LogP) is 2.08. The van der Waals surface area contributed by atoms with Gasteiger partial charge in [0.1, 0.15) is 5.82 Å². The third-order valence-corrected chi connectivity index (χ3v) is 1.40. The van der Waals surface area contributed by atoms with E-state index in [1.807, 2.05) is 6.07 Å². The van der Waals surface area contributed by atoms with Crippen LogP contribution in [0.1, 0.15) is 12.0 Å². The molecule has 1 aromatic carbocycles. The average molecular weight is 148 g/mol. The van der Waals surface area contributed by atoms with Crippen LogP contribution >= 0.6 is 0 Å². The predicted molar refractivity (Wildman–Crippen MR) is 39.2 cm³/mol. The van der Waals surface area contributed by atoms with Crippen LogP contribution in [-0.2, 0) is 6.42 Å². The van der Waals surface area contributed by atoms with Gasteiger partial charge in [-0.05, 0) is 30.2 Å². The zero-order valence-corrected chi connectivity index (χ0v) is 5.97. The number of nitriles is 1. The van der Waals surface area contributed by atoms with Crippen molar-refractivity contribution in [2.75, 3.05) is 0 Å². The summed E-state index contributed by atoms with van der Waals surface area (Å²) >= 11 is 0. The maximum atomic E-state index is 12.8. The summed E-state index contributed by atoms with van der Waals surface area (Å²) in [5, 5.41) is 8.24. The Kier molecular flexibility index (Phi) is 2.62. The Morgan fingerprint density at radius 2 is 2.45 bits per heavy atom. The normalized spacial score (nSPS) is 9.09. The van der Waals surface area contributed by atoms with Gasteiger partial charge in [-0.2, -0.15) is 5.26 Å². The molecule has 0 aromatic heterocycles. The number of nitrogens with zero attached hydrogens (tertiary/aromatic N) is 1. The minimum absolute atomic E-state index is 0.251. The number of halogens is 1. The molecule has 0 saturated heterocycles. The van der Waals surface area contributed by atoms with E-state index in [2.05, 4.69) is 6.07 Å². The second-order valence-electron chi connectivity index (χ2n) is 2.18. The molecule has 0 aliphatic carbocycles. The molecule has 1 aromatic rings. The van der Waals surface area contributed by atoms with Gasteiger partial charge in [0.2, 0.25) is 0 Å². The van der Waals surface area contributed by atoms with Crippen molar-refractivity contribution in [1.82, 2.24) is 0 Å². The van der Waals surface area contributed by atoms with Gasteiger partial charge in [-0.25, -0.2) is 4.39 Å². The second kappa shape index (κ2) is 3.72. The highest BCUT2D eigenvalue weighted by Gasteiger charge is 1.98. The zero-order chi connectivity index (χ0) is 8.10. The fraction of sp³-hybridized carbons (Fsp3) is 0.222. The third kappa shape index (κ3) is 2.05. The molecule has 0 bridgehead atoms. The highest BCUT2D eigenvalue weighted by atomic mass is 19.1. The number of benzene rings is 1. The molecule has 0 atom stereocenters. The molecule has 55 valence electrons. The standard InChI is InChI=1S/C9H7FN/c10-9-6-2-1-4-8(9)5-3-7-11/h2,4,6H,3,5H2. The van der Waals surface area contributed by atoms with Crippen LogP contribution in [0.15, 0.2) is 18.2 Å². The summed E-state index contributed by atoms with van der Waals surface area (Å²) in [7, 11) is 0. The quantitative estimate of drug-likeness (QED) is 0.629. The molecule has 0 amide bonds. The van der Waals surface area contributed by atoms with Crippen molar-refractivity contribution < 1.29 is 4.39 Å². The van der Waals surface area contributed by atoms with Crippen LogP contribution in [0.3, 0.4) is 0 Å². The van der Waals surface area contributed by atoms with Crippen molar-refractivity contribution in [3.8, 4) is 6.07 Å². The molecule has 11 heavy (non-hydrogen) atoms. The number of hydrogen-bond acceptors (Lipinski definition) is 1. The number of hydrogen-bond donors (Lipinski definition) is 0. The lowest BCUT2D eigenvalue weighted by molar-refractivity contribution is 0.609. The molecular formula is C9H7FN. The lowest BCUT2D eigenvalue weighted by Gasteiger charge is -1.96. The Morgan fingerprint density at radius 1 is 1.64 bits per heavy atom. The molecule has 0 aliphatic rings. The first-order valence-corrected chi connectivity index (χ1v) is 3.36. The van der Waals surface area contributed by atoms with Crippen LogP contribution in [-0.4, -0.2) is 0 Å². The molecule has 0 N–H and O–H groups in total. The smallest absolute Gasteiger partial charge is 0.126 e. The summed E-state index contributed by atoms with van der Waals surface area (Å²) in [5.74, 6) is -0.251. The van der Waals surface area contributed by atoms with Gasteiger partial charge in [0.05, 0.1) is 6.07 Å². The first-order valence-electron chi connectivity index (χ1n) is 3.36. The van der Waals surface area contributed by atoms with E-state index >= 15 is 0 Å². The molecule has 2 heteroatoms. The van der Waals surface area contributed by atoms with Crippen molar-refractivity contribution >= 4 is 0 Å². The monoisotopic (exact) mass is 148 g/mol. The van der Waals surface area contributed by atoms with Gasteiger partial charge >= 0.3 is 0 Å². The summed E-state index contributed by atoms with van der Waals surface area (Å²) in [6, 6.07) is 9.17. The molecule has 0 heterocycles. The average Bonchev–Trinajstić information content (AvgIpc) is 2.03. The van der Waals surface area contributed by atoms with E-state index in [0.29, 0.717) is 18.4 Å². The van der Waals surface area contributed by atoms with E-state index in [4.69, 9.17) is 5.26 Å². The minimum Gasteiger partial charge on any atom is -0.207 e. The van der Waals surface area contributed by atoms with E-state index in [0.717, 1.165) is 0 Å². The molecule has 0 fully saturated rings. The zero-order valence-electron chi connectivity index (χ0n) is 5.97. The number of aryl methyl sites for hydroxylation is 1. The van der Waals surface area contributed by atoms with Crippen molar-refractivity contribution in [2.45, 2.75) is 12.8 Å². The molecule has 1 rings (SSSR count). The van der Waals surface area contributed by atoms with Gasteiger partial charge in [-0.15, -0.1) is 0 Å². The van der Waals surface area contributed by atoms with E-state index in [9.17, 15) is 4.39 Å². The van der Waals surface area contributed by atoms with Crippen molar-refractivity contribution in [2.24, 2.45) is 0 Å². The Bertz CT molecular complexity index is 275. The summed E-state index contributed by atoms with van der Waals surface area (Å²) in [4.78, 5) is 0. The van der Waals surface area contributed by atoms with Crippen LogP contribution in [0.2, 0.25) is 0 Å². The number of rotatable bonds is 2. The van der Waals surface area contributed by atoms with Crippen LogP contribution in [0, 0.1) is 23.2 Å². The van der Waals surface area contributed by atoms with Gasteiger partial charge in [-0.3, -0.25) is 0 Å². The highest BCUT2D eigenvalue weighted by molar-refractivity contribution is 5.16. The molecule has 0 unspecified atom stereocenters. The Labute approximate surface area is 65.1 Å². The molecule has 0 aliphatic heterocycles. The molecule has 0 spiro atoms. The van der Waals surface area contributed by atoms with Crippen LogP contribution in [0.4, 0.5) is 4.39 Å². The van der Waals surface area contributed by atoms with Crippen LogP contribution in [0.5, 0.6) is 0 Å². The Morgan fingerprint density at radius 3 is 3.09 bits per heavy atom. The first-order chi connectivity index (χ1) is 5.34. The highest BCUT2D eigenvalue weighted by Crippen LogP contribution is 2.07. The maximum Gasteiger partial charge on any atom is 0.126 e. The molecule has 0 saturated carbocycles. The maximum absolute atomic E-state index is 12.8. The summed E-state index contributed by atoms with van der Waals surface area (Å²) in [5.41, 5.74) is 0.564. The topological polar surface area (TPSA) is 23.8 Å². The van der Waals surface area contributed by atoms with Gasteiger partial charge in [-0.1, -0.05) is 6.07 Å². The van der Waals surface area contributed by atoms with Gasteiger partial charge in [0.25, 0.3) is 0 Å². The van der Waals surface area contributed by atoms with E-state index in [1.54, 1.807) is 6.07 Å². The van der Waals surface area contributed by atoms with E-state index in [1.165, 1.54) is 12.1 Å². The van der Waals surface area contributed by atoms with E-state index in [-0.39, 0.29) is 5.82 Å². The first kappa shape index (κ1) is 7.74. The summed E-state index contributed by atoms with van der Waals surface area (Å²) in [6.07, 6.45) is 0.828. The van der Waals surface area contributed by atoms with E-state index < -0.39 is 0 Å². The Balaban J connectivity index is 2.71. The molecule has 1 nitrogen and oxygen atoms in total. The third-order valence-electron chi connectivity index (χ3n) is 1.40. The van der Waals surface area contributed by atoms with Crippen molar-refractivity contribution in [3.63, 3.8) is 0 Å². The van der Waals surface area contributed by atoms with Crippen molar-refractivity contribution in [1.29, 1.82) is 5.26 Å². The van der Waals surface area contributed by atoms with Crippen LogP contribution in [0.25, 0.3) is 0 Å². The lowest BCUT2D eigenvalue weighted by atomic mass is 10.1. The summed E-state index contributed by atoms with van der Waals surface area (Å²) < 4.78 is 12.8. The molecular weight excluding hydrogens is 141 g/mol. The minimum atomic E-state index is -0.251. The molecule has 1 radical (unpaired) electrons. The largest absolute Gasteiger partial charge is 0.207 e. The van der Waals surface area contributed by atoms with Crippen LogP contribution < -0.4 is 0 Å². The summed E-state index contributed by atoms with van der Waals surface area (Å²) in [6.45, 7) is 0. The van der Waals surface area contributed by atoms with Crippen molar-refractivity contribution in [3.05, 3.63) is 35.6 Å².